The number of nitrogens with zero attached hydrogens (tertiary/aromatic N) is 1. The summed E-state index contributed by atoms with van der Waals surface area (Å²) in [7, 11) is 0. The molecule has 1 heterocycles. The highest BCUT2D eigenvalue weighted by Gasteiger charge is 2.49. The Morgan fingerprint density at radius 3 is 2.22 bits per heavy atom. The summed E-state index contributed by atoms with van der Waals surface area (Å²) in [6, 6.07) is 0.826. The van der Waals surface area contributed by atoms with Crippen molar-refractivity contribution in [3.05, 3.63) is 0 Å². The maximum absolute atomic E-state index is 6.27. The van der Waals surface area contributed by atoms with E-state index in [1.54, 1.807) is 0 Å². The molecule has 2 rings (SSSR count). The highest BCUT2D eigenvalue weighted by molar-refractivity contribution is 5.04. The summed E-state index contributed by atoms with van der Waals surface area (Å²) < 4.78 is 0. The van der Waals surface area contributed by atoms with Crippen LogP contribution in [0.2, 0.25) is 0 Å². The van der Waals surface area contributed by atoms with E-state index in [0.717, 1.165) is 18.5 Å². The van der Waals surface area contributed by atoms with Gasteiger partial charge in [0, 0.05) is 18.1 Å². The largest absolute Gasteiger partial charge is 0.329 e. The molecule has 18 heavy (non-hydrogen) atoms. The average molecular weight is 252 g/mol. The van der Waals surface area contributed by atoms with Crippen molar-refractivity contribution < 1.29 is 0 Å². The zero-order valence-electron chi connectivity index (χ0n) is 12.8. The van der Waals surface area contributed by atoms with Crippen molar-refractivity contribution in [2.45, 2.75) is 71.4 Å². The quantitative estimate of drug-likeness (QED) is 0.832. The Balaban J connectivity index is 2.26. The van der Waals surface area contributed by atoms with Crippen LogP contribution < -0.4 is 5.73 Å². The summed E-state index contributed by atoms with van der Waals surface area (Å²) in [6.45, 7) is 11.5. The molecule has 2 atom stereocenters. The molecular weight excluding hydrogens is 220 g/mol. The van der Waals surface area contributed by atoms with Crippen molar-refractivity contribution in [2.75, 3.05) is 13.1 Å². The number of nitrogens with two attached hydrogens (primary N) is 1. The molecule has 2 N–H and O–H groups in total. The fourth-order valence-corrected chi connectivity index (χ4v) is 4.84. The predicted molar refractivity (Wildman–Crippen MR) is 78.5 cm³/mol. The second-order valence-electron chi connectivity index (χ2n) is 7.10. The molecule has 1 aliphatic heterocycles. The second kappa shape index (κ2) is 5.50. The van der Waals surface area contributed by atoms with Gasteiger partial charge in [-0.1, -0.05) is 40.5 Å². The molecule has 0 amide bonds. The molecule has 0 aromatic heterocycles. The van der Waals surface area contributed by atoms with Crippen molar-refractivity contribution in [2.24, 2.45) is 23.5 Å². The van der Waals surface area contributed by atoms with E-state index in [1.165, 1.54) is 38.6 Å². The minimum Gasteiger partial charge on any atom is -0.329 e. The molecule has 1 aliphatic carbocycles. The molecule has 0 radical (unpaired) electrons. The van der Waals surface area contributed by atoms with Gasteiger partial charge < -0.3 is 5.73 Å². The van der Waals surface area contributed by atoms with E-state index in [1.807, 2.05) is 0 Å². The SMILES string of the molecule is CC(C)C(CN)(C(C)C)N1CCC2CCCCC21. The summed E-state index contributed by atoms with van der Waals surface area (Å²) in [5, 5.41) is 0. The molecule has 0 spiro atoms. The van der Waals surface area contributed by atoms with Crippen LogP contribution in [-0.2, 0) is 0 Å². The first-order valence-electron chi connectivity index (χ1n) is 8.00. The van der Waals surface area contributed by atoms with E-state index in [4.69, 9.17) is 5.73 Å². The molecule has 2 heteroatoms. The second-order valence-corrected chi connectivity index (χ2v) is 7.10. The number of fused-ring (bicyclic) bond motifs is 1. The smallest absolute Gasteiger partial charge is 0.0380 e. The first-order chi connectivity index (χ1) is 8.54. The van der Waals surface area contributed by atoms with Crippen LogP contribution in [0.1, 0.15) is 59.8 Å². The summed E-state index contributed by atoms with van der Waals surface area (Å²) in [5.41, 5.74) is 6.49. The summed E-state index contributed by atoms with van der Waals surface area (Å²) >= 11 is 0. The topological polar surface area (TPSA) is 29.3 Å². The molecule has 0 aromatic rings. The Kier molecular flexibility index (Phi) is 4.38. The van der Waals surface area contributed by atoms with Crippen LogP contribution in [0.4, 0.5) is 0 Å². The monoisotopic (exact) mass is 252 g/mol. The number of rotatable bonds is 4. The van der Waals surface area contributed by atoms with Gasteiger partial charge in [-0.3, -0.25) is 4.90 Å². The molecular formula is C16H32N2. The van der Waals surface area contributed by atoms with E-state index in [0.29, 0.717) is 11.8 Å². The normalized spacial score (nSPS) is 30.2. The highest BCUT2D eigenvalue weighted by atomic mass is 15.3. The first kappa shape index (κ1) is 14.3. The van der Waals surface area contributed by atoms with E-state index < -0.39 is 0 Å². The van der Waals surface area contributed by atoms with Gasteiger partial charge in [-0.25, -0.2) is 0 Å². The van der Waals surface area contributed by atoms with E-state index in [9.17, 15) is 0 Å². The summed E-state index contributed by atoms with van der Waals surface area (Å²) in [6.07, 6.45) is 7.15. The minimum atomic E-state index is 0.219. The Labute approximate surface area is 113 Å². The van der Waals surface area contributed by atoms with Crippen LogP contribution in [-0.4, -0.2) is 29.6 Å². The predicted octanol–water partition coefficient (Wildman–Crippen LogP) is 3.26. The Morgan fingerprint density at radius 2 is 1.67 bits per heavy atom. The van der Waals surface area contributed by atoms with Crippen LogP contribution in [0.5, 0.6) is 0 Å². The fourth-order valence-electron chi connectivity index (χ4n) is 4.84. The standard InChI is InChI=1S/C16H32N2/c1-12(2)16(11-17,13(3)4)18-10-9-14-7-5-6-8-15(14)18/h12-15H,5-11,17H2,1-4H3. The zero-order chi connectivity index (χ0) is 13.3. The van der Waals surface area contributed by atoms with Gasteiger partial charge in [-0.05, 0) is 43.6 Å². The van der Waals surface area contributed by atoms with Crippen molar-refractivity contribution in [1.82, 2.24) is 4.90 Å². The van der Waals surface area contributed by atoms with Gasteiger partial charge in [-0.15, -0.1) is 0 Å². The highest BCUT2D eigenvalue weighted by Crippen LogP contribution is 2.44. The molecule has 1 saturated carbocycles. The lowest BCUT2D eigenvalue weighted by atomic mass is 9.73. The number of hydrogen-bond donors (Lipinski definition) is 1. The van der Waals surface area contributed by atoms with Crippen LogP contribution in [0.25, 0.3) is 0 Å². The minimum absolute atomic E-state index is 0.219. The van der Waals surface area contributed by atoms with Gasteiger partial charge in [-0.2, -0.15) is 0 Å². The molecule has 2 unspecified atom stereocenters. The first-order valence-corrected chi connectivity index (χ1v) is 8.00. The van der Waals surface area contributed by atoms with Crippen molar-refractivity contribution >= 4 is 0 Å². The van der Waals surface area contributed by atoms with Crippen LogP contribution in [0, 0.1) is 17.8 Å². The molecule has 1 saturated heterocycles. The van der Waals surface area contributed by atoms with Crippen molar-refractivity contribution in [3.63, 3.8) is 0 Å². The lowest BCUT2D eigenvalue weighted by Crippen LogP contribution is -2.62. The Bertz CT molecular complexity index is 264. The van der Waals surface area contributed by atoms with Crippen LogP contribution >= 0.6 is 0 Å². The lowest BCUT2D eigenvalue weighted by molar-refractivity contribution is -0.0142. The van der Waals surface area contributed by atoms with E-state index in [2.05, 4.69) is 32.6 Å². The van der Waals surface area contributed by atoms with Crippen LogP contribution in [0.15, 0.2) is 0 Å². The van der Waals surface area contributed by atoms with Gasteiger partial charge in [0.15, 0.2) is 0 Å². The zero-order valence-corrected chi connectivity index (χ0v) is 12.8. The van der Waals surface area contributed by atoms with Crippen molar-refractivity contribution in [3.8, 4) is 0 Å². The molecule has 2 aliphatic rings. The maximum Gasteiger partial charge on any atom is 0.0380 e. The maximum atomic E-state index is 6.27. The Hall–Kier alpha value is -0.0800. The third-order valence-corrected chi connectivity index (χ3v) is 5.87. The fraction of sp³-hybridized carbons (Fsp3) is 1.00. The van der Waals surface area contributed by atoms with Gasteiger partial charge in [0.1, 0.15) is 0 Å². The third-order valence-electron chi connectivity index (χ3n) is 5.87. The molecule has 106 valence electrons. The van der Waals surface area contributed by atoms with Gasteiger partial charge in [0.2, 0.25) is 0 Å². The molecule has 2 fully saturated rings. The van der Waals surface area contributed by atoms with E-state index in [-0.39, 0.29) is 5.54 Å². The summed E-state index contributed by atoms with van der Waals surface area (Å²) in [4.78, 5) is 2.83. The van der Waals surface area contributed by atoms with Crippen molar-refractivity contribution in [1.29, 1.82) is 0 Å². The molecule has 0 bridgehead atoms. The lowest BCUT2D eigenvalue weighted by Gasteiger charge is -2.51. The third kappa shape index (κ3) is 2.12. The van der Waals surface area contributed by atoms with Crippen LogP contribution in [0.3, 0.4) is 0 Å². The van der Waals surface area contributed by atoms with Gasteiger partial charge in [0.05, 0.1) is 0 Å². The van der Waals surface area contributed by atoms with Gasteiger partial charge >= 0.3 is 0 Å². The van der Waals surface area contributed by atoms with E-state index >= 15 is 0 Å². The average Bonchev–Trinajstić information content (AvgIpc) is 2.75. The van der Waals surface area contributed by atoms with Gasteiger partial charge in [0.25, 0.3) is 0 Å². The Morgan fingerprint density at radius 1 is 1.06 bits per heavy atom. The number of hydrogen-bond acceptors (Lipinski definition) is 2. The molecule has 0 aromatic carbocycles. The summed E-state index contributed by atoms with van der Waals surface area (Å²) in [5.74, 6) is 2.24. The molecule has 2 nitrogen and oxygen atoms in total. The number of likely N-dealkylation sites (tertiary alicyclic amines) is 1.